The van der Waals surface area contributed by atoms with Crippen molar-refractivity contribution < 1.29 is 9.13 Å². The Labute approximate surface area is 78.5 Å². The molecule has 0 heterocycles. The molecule has 1 aromatic rings. The summed E-state index contributed by atoms with van der Waals surface area (Å²) in [5.41, 5.74) is 1.12. The molecular formula is C11H15FO. The van der Waals surface area contributed by atoms with Crippen LogP contribution in [0.5, 0.6) is 5.75 Å². The van der Waals surface area contributed by atoms with Gasteiger partial charge < -0.3 is 4.74 Å². The Kier molecular flexibility index (Phi) is 3.29. The van der Waals surface area contributed by atoms with Crippen LogP contribution in [0.25, 0.3) is 0 Å². The van der Waals surface area contributed by atoms with Crippen LogP contribution in [0.15, 0.2) is 18.2 Å². The number of hydrogen-bond acceptors (Lipinski definition) is 1. The zero-order valence-electron chi connectivity index (χ0n) is 8.30. The highest BCUT2D eigenvalue weighted by molar-refractivity contribution is 5.30. The fraction of sp³-hybridized carbons (Fsp3) is 0.455. The van der Waals surface area contributed by atoms with E-state index in [1.54, 1.807) is 12.1 Å². The lowest BCUT2D eigenvalue weighted by Gasteiger charge is -2.07. The monoisotopic (exact) mass is 182 g/mol. The van der Waals surface area contributed by atoms with Gasteiger partial charge in [0.25, 0.3) is 0 Å². The van der Waals surface area contributed by atoms with E-state index in [0.717, 1.165) is 12.0 Å². The summed E-state index contributed by atoms with van der Waals surface area (Å²) >= 11 is 0. The van der Waals surface area contributed by atoms with Crippen molar-refractivity contribution in [3.05, 3.63) is 29.6 Å². The molecule has 0 aliphatic carbocycles. The topological polar surface area (TPSA) is 9.23 Å². The van der Waals surface area contributed by atoms with Crippen LogP contribution in [0.2, 0.25) is 0 Å². The Hall–Kier alpha value is -1.05. The molecule has 1 aromatic carbocycles. The summed E-state index contributed by atoms with van der Waals surface area (Å²) in [6.45, 7) is 4.27. The first-order valence-electron chi connectivity index (χ1n) is 4.46. The number of hydrogen-bond donors (Lipinski definition) is 0. The van der Waals surface area contributed by atoms with Gasteiger partial charge in [-0.25, -0.2) is 4.39 Å². The summed E-state index contributed by atoms with van der Waals surface area (Å²) in [5, 5.41) is 0. The fourth-order valence-electron chi connectivity index (χ4n) is 1.30. The van der Waals surface area contributed by atoms with Crippen LogP contribution in [0.1, 0.15) is 19.4 Å². The van der Waals surface area contributed by atoms with Crippen LogP contribution in [-0.2, 0) is 6.42 Å². The molecule has 0 saturated heterocycles. The molecule has 0 saturated carbocycles. The van der Waals surface area contributed by atoms with E-state index in [2.05, 4.69) is 13.8 Å². The first-order valence-corrected chi connectivity index (χ1v) is 4.46. The van der Waals surface area contributed by atoms with Gasteiger partial charge in [-0.3, -0.25) is 0 Å². The number of methoxy groups -OCH3 is 1. The predicted molar refractivity (Wildman–Crippen MR) is 51.5 cm³/mol. The van der Waals surface area contributed by atoms with Gasteiger partial charge in [0, 0.05) is 0 Å². The highest BCUT2D eigenvalue weighted by atomic mass is 19.1. The number of ether oxygens (including phenoxy) is 1. The molecule has 0 unspecified atom stereocenters. The minimum atomic E-state index is -0.296. The van der Waals surface area contributed by atoms with Crippen molar-refractivity contribution in [2.24, 2.45) is 5.92 Å². The molecule has 1 nitrogen and oxygen atoms in total. The van der Waals surface area contributed by atoms with Crippen molar-refractivity contribution in [2.75, 3.05) is 7.11 Å². The molecular weight excluding hydrogens is 167 g/mol. The Morgan fingerprint density at radius 3 is 2.62 bits per heavy atom. The van der Waals surface area contributed by atoms with Gasteiger partial charge in [0.1, 0.15) is 0 Å². The summed E-state index contributed by atoms with van der Waals surface area (Å²) in [5.74, 6) is 0.614. The largest absolute Gasteiger partial charge is 0.494 e. The van der Waals surface area contributed by atoms with Gasteiger partial charge in [-0.15, -0.1) is 0 Å². The maximum absolute atomic E-state index is 13.0. The minimum Gasteiger partial charge on any atom is -0.494 e. The average molecular weight is 182 g/mol. The third kappa shape index (κ3) is 2.72. The summed E-state index contributed by atoms with van der Waals surface area (Å²) < 4.78 is 17.9. The molecule has 0 aliphatic rings. The van der Waals surface area contributed by atoms with E-state index in [9.17, 15) is 4.39 Å². The van der Waals surface area contributed by atoms with Crippen molar-refractivity contribution in [1.29, 1.82) is 0 Å². The quantitative estimate of drug-likeness (QED) is 0.698. The van der Waals surface area contributed by atoms with Gasteiger partial charge in [-0.05, 0) is 30.0 Å². The SMILES string of the molecule is COc1cc(CC(C)C)ccc1F. The smallest absolute Gasteiger partial charge is 0.165 e. The van der Waals surface area contributed by atoms with E-state index in [-0.39, 0.29) is 5.82 Å². The van der Waals surface area contributed by atoms with Crippen molar-refractivity contribution in [2.45, 2.75) is 20.3 Å². The second kappa shape index (κ2) is 4.26. The fourth-order valence-corrected chi connectivity index (χ4v) is 1.30. The van der Waals surface area contributed by atoms with Gasteiger partial charge in [-0.1, -0.05) is 19.9 Å². The molecule has 2 heteroatoms. The molecule has 0 aromatic heterocycles. The Bertz CT molecular complexity index is 281. The highest BCUT2D eigenvalue weighted by Crippen LogP contribution is 2.19. The number of rotatable bonds is 3. The molecule has 13 heavy (non-hydrogen) atoms. The summed E-state index contributed by atoms with van der Waals surface area (Å²) in [6, 6.07) is 5.02. The van der Waals surface area contributed by atoms with Crippen LogP contribution in [0.4, 0.5) is 4.39 Å². The highest BCUT2D eigenvalue weighted by Gasteiger charge is 2.04. The third-order valence-corrected chi connectivity index (χ3v) is 1.86. The minimum absolute atomic E-state index is 0.296. The summed E-state index contributed by atoms with van der Waals surface area (Å²) in [4.78, 5) is 0. The van der Waals surface area contributed by atoms with E-state index in [0.29, 0.717) is 11.7 Å². The molecule has 0 aliphatic heterocycles. The van der Waals surface area contributed by atoms with Crippen molar-refractivity contribution in [3.63, 3.8) is 0 Å². The van der Waals surface area contributed by atoms with Gasteiger partial charge in [0.2, 0.25) is 0 Å². The second-order valence-electron chi connectivity index (χ2n) is 3.57. The maximum atomic E-state index is 13.0. The second-order valence-corrected chi connectivity index (χ2v) is 3.57. The van der Waals surface area contributed by atoms with E-state index in [4.69, 9.17) is 4.74 Å². The molecule has 0 bridgehead atoms. The first-order chi connectivity index (χ1) is 6.13. The van der Waals surface area contributed by atoms with E-state index < -0.39 is 0 Å². The molecule has 0 atom stereocenters. The average Bonchev–Trinajstić information content (AvgIpc) is 2.07. The lowest BCUT2D eigenvalue weighted by molar-refractivity contribution is 0.385. The third-order valence-electron chi connectivity index (χ3n) is 1.86. The number of benzene rings is 1. The molecule has 0 radical (unpaired) electrons. The molecule has 0 fully saturated rings. The van der Waals surface area contributed by atoms with Gasteiger partial charge >= 0.3 is 0 Å². The van der Waals surface area contributed by atoms with Crippen molar-refractivity contribution >= 4 is 0 Å². The molecule has 72 valence electrons. The zero-order chi connectivity index (χ0) is 9.84. The standard InChI is InChI=1S/C11H15FO/c1-8(2)6-9-4-5-10(12)11(7-9)13-3/h4-5,7-8H,6H2,1-3H3. The molecule has 1 rings (SSSR count). The summed E-state index contributed by atoms with van der Waals surface area (Å²) in [6.07, 6.45) is 0.955. The normalized spacial score (nSPS) is 10.5. The van der Waals surface area contributed by atoms with E-state index >= 15 is 0 Å². The Morgan fingerprint density at radius 1 is 1.38 bits per heavy atom. The lowest BCUT2D eigenvalue weighted by Crippen LogP contribution is -1.96. The predicted octanol–water partition coefficient (Wildman–Crippen LogP) is 3.03. The lowest BCUT2D eigenvalue weighted by atomic mass is 10.0. The maximum Gasteiger partial charge on any atom is 0.165 e. The van der Waals surface area contributed by atoms with Crippen molar-refractivity contribution in [3.8, 4) is 5.75 Å². The van der Waals surface area contributed by atoms with Gasteiger partial charge in [0.15, 0.2) is 11.6 Å². The van der Waals surface area contributed by atoms with E-state index in [1.807, 2.05) is 0 Å². The van der Waals surface area contributed by atoms with Crippen LogP contribution in [0.3, 0.4) is 0 Å². The van der Waals surface area contributed by atoms with Gasteiger partial charge in [-0.2, -0.15) is 0 Å². The Balaban J connectivity index is 2.86. The zero-order valence-corrected chi connectivity index (χ0v) is 8.30. The summed E-state index contributed by atoms with van der Waals surface area (Å²) in [7, 11) is 1.48. The Morgan fingerprint density at radius 2 is 2.08 bits per heavy atom. The van der Waals surface area contributed by atoms with Crippen LogP contribution in [0, 0.1) is 11.7 Å². The number of halogens is 1. The van der Waals surface area contributed by atoms with Crippen LogP contribution >= 0.6 is 0 Å². The van der Waals surface area contributed by atoms with Crippen LogP contribution in [-0.4, -0.2) is 7.11 Å². The van der Waals surface area contributed by atoms with E-state index in [1.165, 1.54) is 13.2 Å². The van der Waals surface area contributed by atoms with Crippen LogP contribution < -0.4 is 4.74 Å². The van der Waals surface area contributed by atoms with Crippen molar-refractivity contribution in [1.82, 2.24) is 0 Å². The molecule has 0 amide bonds. The van der Waals surface area contributed by atoms with Gasteiger partial charge in [0.05, 0.1) is 7.11 Å². The molecule has 0 spiro atoms. The molecule has 0 N–H and O–H groups in total. The first kappa shape index (κ1) is 10.0.